The van der Waals surface area contributed by atoms with E-state index in [9.17, 15) is 9.18 Å². The van der Waals surface area contributed by atoms with Gasteiger partial charge in [-0.2, -0.15) is 9.65 Å². The summed E-state index contributed by atoms with van der Waals surface area (Å²) in [7, 11) is 0. The Bertz CT molecular complexity index is 400. The van der Waals surface area contributed by atoms with E-state index >= 15 is 0 Å². The Morgan fingerprint density at radius 2 is 2.47 bits per heavy atom. The predicted octanol–water partition coefficient (Wildman–Crippen LogP) is 1.25. The van der Waals surface area contributed by atoms with Gasteiger partial charge in [0.05, 0.1) is 6.07 Å². The molecule has 1 atom stereocenters. The fourth-order valence-electron chi connectivity index (χ4n) is 0.993. The summed E-state index contributed by atoms with van der Waals surface area (Å²) in [6, 6.07) is 5.28. The van der Waals surface area contributed by atoms with Crippen molar-refractivity contribution >= 4 is 5.91 Å². The molecule has 1 rings (SSSR count). The number of amides is 1. The van der Waals surface area contributed by atoms with Gasteiger partial charge in [0.1, 0.15) is 11.7 Å². The maximum absolute atomic E-state index is 12.7. The smallest absolute Gasteiger partial charge is 0.271 e. The van der Waals surface area contributed by atoms with Crippen molar-refractivity contribution in [2.24, 2.45) is 0 Å². The Morgan fingerprint density at radius 1 is 1.73 bits per heavy atom. The van der Waals surface area contributed by atoms with Gasteiger partial charge < -0.3 is 5.32 Å². The number of rotatable bonds is 3. The molecule has 0 aliphatic heterocycles. The highest BCUT2D eigenvalue weighted by atomic mass is 19.1. The lowest BCUT2D eigenvalue weighted by atomic mass is 10.2. The molecule has 1 aromatic rings. The molecule has 1 amide bonds. The van der Waals surface area contributed by atoms with Crippen LogP contribution in [0.15, 0.2) is 18.2 Å². The summed E-state index contributed by atoms with van der Waals surface area (Å²) < 4.78 is 12.7. The minimum Gasteiger partial charge on any atom is -0.335 e. The van der Waals surface area contributed by atoms with Gasteiger partial charge >= 0.3 is 0 Å². The second-order valence-electron chi connectivity index (χ2n) is 2.91. The van der Waals surface area contributed by atoms with Crippen molar-refractivity contribution in [1.29, 1.82) is 5.26 Å². The SMILES string of the molecule is CCC(C#N)NC(=O)c1cccc(F)n1. The molecule has 0 aliphatic rings. The van der Waals surface area contributed by atoms with Crippen molar-refractivity contribution in [3.8, 4) is 6.07 Å². The van der Waals surface area contributed by atoms with Gasteiger partial charge in [0.2, 0.25) is 5.95 Å². The highest BCUT2D eigenvalue weighted by molar-refractivity contribution is 5.92. The van der Waals surface area contributed by atoms with E-state index in [1.54, 1.807) is 6.92 Å². The van der Waals surface area contributed by atoms with E-state index in [1.165, 1.54) is 12.1 Å². The predicted molar refractivity (Wildman–Crippen MR) is 51.4 cm³/mol. The lowest BCUT2D eigenvalue weighted by molar-refractivity contribution is 0.0938. The van der Waals surface area contributed by atoms with Crippen molar-refractivity contribution in [2.45, 2.75) is 19.4 Å². The van der Waals surface area contributed by atoms with Crippen LogP contribution in [-0.4, -0.2) is 16.9 Å². The molecule has 0 aromatic carbocycles. The lowest BCUT2D eigenvalue weighted by Crippen LogP contribution is -2.33. The number of aromatic nitrogens is 1. The minimum absolute atomic E-state index is 0.0244. The van der Waals surface area contributed by atoms with Crippen molar-refractivity contribution in [3.63, 3.8) is 0 Å². The molecule has 0 spiro atoms. The van der Waals surface area contributed by atoms with Gasteiger partial charge in [-0.15, -0.1) is 0 Å². The van der Waals surface area contributed by atoms with Crippen LogP contribution >= 0.6 is 0 Å². The van der Waals surface area contributed by atoms with Crippen LogP contribution in [0.1, 0.15) is 23.8 Å². The third-order valence-electron chi connectivity index (χ3n) is 1.82. The van der Waals surface area contributed by atoms with E-state index < -0.39 is 17.9 Å². The summed E-state index contributed by atoms with van der Waals surface area (Å²) >= 11 is 0. The summed E-state index contributed by atoms with van der Waals surface area (Å²) in [5, 5.41) is 11.0. The Kier molecular flexibility index (Phi) is 3.75. The molecular formula is C10H10FN3O. The number of halogens is 1. The summed E-state index contributed by atoms with van der Waals surface area (Å²) in [5.74, 6) is -1.25. The highest BCUT2D eigenvalue weighted by Gasteiger charge is 2.12. The molecule has 15 heavy (non-hydrogen) atoms. The van der Waals surface area contributed by atoms with E-state index in [1.807, 2.05) is 6.07 Å². The average molecular weight is 207 g/mol. The van der Waals surface area contributed by atoms with Gasteiger partial charge in [-0.05, 0) is 18.6 Å². The van der Waals surface area contributed by atoms with E-state index in [0.29, 0.717) is 6.42 Å². The second-order valence-corrected chi connectivity index (χ2v) is 2.91. The van der Waals surface area contributed by atoms with E-state index in [-0.39, 0.29) is 5.69 Å². The van der Waals surface area contributed by atoms with Gasteiger partial charge in [0.25, 0.3) is 5.91 Å². The van der Waals surface area contributed by atoms with Crippen molar-refractivity contribution in [2.75, 3.05) is 0 Å². The zero-order valence-electron chi connectivity index (χ0n) is 8.20. The molecule has 78 valence electrons. The molecular weight excluding hydrogens is 197 g/mol. The van der Waals surface area contributed by atoms with Gasteiger partial charge in [-0.3, -0.25) is 4.79 Å². The van der Waals surface area contributed by atoms with Crippen LogP contribution in [-0.2, 0) is 0 Å². The number of pyridine rings is 1. The summed E-state index contributed by atoms with van der Waals surface area (Å²) in [6.07, 6.45) is 0.498. The number of carbonyl (C=O) groups is 1. The fraction of sp³-hybridized carbons (Fsp3) is 0.300. The van der Waals surface area contributed by atoms with Gasteiger partial charge in [-0.25, -0.2) is 4.98 Å². The quantitative estimate of drug-likeness (QED) is 0.758. The molecule has 0 radical (unpaired) electrons. The topological polar surface area (TPSA) is 65.8 Å². The fourth-order valence-corrected chi connectivity index (χ4v) is 0.993. The molecule has 1 unspecified atom stereocenters. The molecule has 5 heteroatoms. The zero-order chi connectivity index (χ0) is 11.3. The monoisotopic (exact) mass is 207 g/mol. The molecule has 4 nitrogen and oxygen atoms in total. The molecule has 0 aliphatic carbocycles. The van der Waals surface area contributed by atoms with E-state index in [0.717, 1.165) is 6.07 Å². The third kappa shape index (κ3) is 3.02. The van der Waals surface area contributed by atoms with Crippen molar-refractivity contribution < 1.29 is 9.18 Å². The molecule has 1 heterocycles. The van der Waals surface area contributed by atoms with Crippen LogP contribution in [0.5, 0.6) is 0 Å². The summed E-state index contributed by atoms with van der Waals surface area (Å²) in [4.78, 5) is 14.8. The molecule has 1 N–H and O–H groups in total. The number of carbonyl (C=O) groups excluding carboxylic acids is 1. The Labute approximate surface area is 86.7 Å². The number of hydrogen-bond donors (Lipinski definition) is 1. The third-order valence-corrected chi connectivity index (χ3v) is 1.82. The molecule has 1 aromatic heterocycles. The van der Waals surface area contributed by atoms with E-state index in [2.05, 4.69) is 10.3 Å². The molecule has 0 bridgehead atoms. The maximum Gasteiger partial charge on any atom is 0.271 e. The second kappa shape index (κ2) is 5.05. The standard InChI is InChI=1S/C10H10FN3O/c1-2-7(6-12)13-10(15)8-4-3-5-9(11)14-8/h3-5,7H,2H2,1H3,(H,13,15). The Hall–Kier alpha value is -1.96. The highest BCUT2D eigenvalue weighted by Crippen LogP contribution is 1.99. The van der Waals surface area contributed by atoms with Crippen LogP contribution in [0.2, 0.25) is 0 Å². The number of nitriles is 1. The first kappa shape index (κ1) is 11.1. The van der Waals surface area contributed by atoms with Crippen molar-refractivity contribution in [1.82, 2.24) is 10.3 Å². The van der Waals surface area contributed by atoms with Crippen LogP contribution in [0.4, 0.5) is 4.39 Å². The number of hydrogen-bond acceptors (Lipinski definition) is 3. The largest absolute Gasteiger partial charge is 0.335 e. The maximum atomic E-state index is 12.7. The van der Waals surface area contributed by atoms with E-state index in [4.69, 9.17) is 5.26 Å². The van der Waals surface area contributed by atoms with Crippen LogP contribution in [0.3, 0.4) is 0 Å². The first-order valence-electron chi connectivity index (χ1n) is 4.50. The molecule has 0 saturated carbocycles. The Balaban J connectivity index is 2.74. The zero-order valence-corrected chi connectivity index (χ0v) is 8.20. The van der Waals surface area contributed by atoms with Gasteiger partial charge in [0, 0.05) is 0 Å². The molecule has 0 fully saturated rings. The number of nitrogens with zero attached hydrogens (tertiary/aromatic N) is 2. The van der Waals surface area contributed by atoms with Crippen LogP contribution < -0.4 is 5.32 Å². The first-order chi connectivity index (χ1) is 7.17. The normalized spacial score (nSPS) is 11.5. The Morgan fingerprint density at radius 3 is 3.00 bits per heavy atom. The van der Waals surface area contributed by atoms with Crippen LogP contribution in [0, 0.1) is 17.3 Å². The lowest BCUT2D eigenvalue weighted by Gasteiger charge is -2.07. The van der Waals surface area contributed by atoms with Gasteiger partial charge in [-0.1, -0.05) is 13.0 Å². The minimum atomic E-state index is -0.715. The average Bonchev–Trinajstić information content (AvgIpc) is 2.25. The molecule has 0 saturated heterocycles. The van der Waals surface area contributed by atoms with Crippen molar-refractivity contribution in [3.05, 3.63) is 29.8 Å². The van der Waals surface area contributed by atoms with Gasteiger partial charge in [0.15, 0.2) is 0 Å². The summed E-state index contributed by atoms with van der Waals surface area (Å²) in [6.45, 7) is 1.77. The first-order valence-corrected chi connectivity index (χ1v) is 4.50. The van der Waals surface area contributed by atoms with Crippen LogP contribution in [0.25, 0.3) is 0 Å². The number of nitrogens with one attached hydrogen (secondary N) is 1. The summed E-state index contributed by atoms with van der Waals surface area (Å²) in [5.41, 5.74) is -0.0244.